The predicted molar refractivity (Wildman–Crippen MR) is 176 cm³/mol. The summed E-state index contributed by atoms with van der Waals surface area (Å²) in [6, 6.07) is 20.1. The third kappa shape index (κ3) is 12.6. The third-order valence-electron chi connectivity index (χ3n) is 6.11. The number of allylic oxidation sites excluding steroid dienone is 1. The van der Waals surface area contributed by atoms with Crippen molar-refractivity contribution in [3.8, 4) is 18.2 Å². The number of hydrogen-bond donors (Lipinski definition) is 2. The van der Waals surface area contributed by atoms with E-state index in [9.17, 15) is 10.1 Å². The molecule has 0 amide bonds. The van der Waals surface area contributed by atoms with Gasteiger partial charge in [0.25, 0.3) is 0 Å². The first-order chi connectivity index (χ1) is 22.8. The van der Waals surface area contributed by atoms with Crippen LogP contribution in [0.4, 0.5) is 11.9 Å². The Kier molecular flexibility index (Phi) is 16.0. The van der Waals surface area contributed by atoms with Crippen molar-refractivity contribution < 1.29 is 15.0 Å². The van der Waals surface area contributed by atoms with Gasteiger partial charge in [-0.15, -0.1) is 0 Å². The number of nitrogens with zero attached hydrogens (tertiary/aromatic N) is 10. The smallest absolute Gasteiger partial charge is 0.239 e. The molecule has 0 aliphatic rings. The molecule has 0 aliphatic heterocycles. The second-order valence-corrected chi connectivity index (χ2v) is 9.52. The van der Waals surface area contributed by atoms with Crippen LogP contribution in [0.5, 0.6) is 0 Å². The SMILES string of the molecule is CN(CCO)c1ncc(/C=C(\C#N)c2ccc(C#N)cc2)cn1.CN(CCO)c1ncc(C=O)cn1.[C-]#[N+]Cc1ccc(C#N)cc1. The second-order valence-electron chi connectivity index (χ2n) is 9.52. The van der Waals surface area contributed by atoms with E-state index < -0.39 is 0 Å². The number of rotatable bonds is 10. The molecule has 236 valence electrons. The molecular weight excluding hydrogens is 596 g/mol. The van der Waals surface area contributed by atoms with E-state index in [0.717, 1.165) is 11.1 Å². The van der Waals surface area contributed by atoms with E-state index in [0.29, 0.717) is 65.6 Å². The Hall–Kier alpha value is -6.51. The molecule has 0 radical (unpaired) electrons. The number of carbonyl (C=O) groups excluding carboxylic acids is 1. The summed E-state index contributed by atoms with van der Waals surface area (Å²) in [6.45, 7) is 7.99. The van der Waals surface area contributed by atoms with E-state index in [-0.39, 0.29) is 13.2 Å². The van der Waals surface area contributed by atoms with Crippen molar-refractivity contribution in [2.75, 3.05) is 50.2 Å². The van der Waals surface area contributed by atoms with Crippen LogP contribution in [0, 0.1) is 40.6 Å². The van der Waals surface area contributed by atoms with Gasteiger partial charge in [0.05, 0.1) is 53.7 Å². The molecule has 4 rings (SSSR count). The molecule has 13 heteroatoms. The zero-order valence-electron chi connectivity index (χ0n) is 25.9. The average molecular weight is 629 g/mol. The molecule has 0 unspecified atom stereocenters. The average Bonchev–Trinajstić information content (AvgIpc) is 3.12. The summed E-state index contributed by atoms with van der Waals surface area (Å²) in [5.74, 6) is 1.01. The molecule has 4 aromatic rings. The maximum Gasteiger partial charge on any atom is 0.239 e. The van der Waals surface area contributed by atoms with Gasteiger partial charge in [-0.25, -0.2) is 26.5 Å². The molecule has 2 heterocycles. The lowest BCUT2D eigenvalue weighted by Crippen LogP contribution is -2.23. The Morgan fingerprint density at radius 3 is 1.62 bits per heavy atom. The van der Waals surface area contributed by atoms with Gasteiger partial charge in [-0.1, -0.05) is 24.3 Å². The first kappa shape index (κ1) is 36.7. The van der Waals surface area contributed by atoms with Gasteiger partial charge >= 0.3 is 0 Å². The number of aldehydes is 1. The van der Waals surface area contributed by atoms with Crippen LogP contribution in [0.2, 0.25) is 0 Å². The molecule has 2 aromatic heterocycles. The molecule has 0 spiro atoms. The highest BCUT2D eigenvalue weighted by Crippen LogP contribution is 2.18. The van der Waals surface area contributed by atoms with E-state index >= 15 is 0 Å². The molecule has 0 atom stereocenters. The van der Waals surface area contributed by atoms with Crippen LogP contribution in [-0.2, 0) is 6.54 Å². The molecule has 47 heavy (non-hydrogen) atoms. The lowest BCUT2D eigenvalue weighted by atomic mass is 10.0. The van der Waals surface area contributed by atoms with Crippen LogP contribution in [0.3, 0.4) is 0 Å². The minimum Gasteiger partial charge on any atom is -0.395 e. The number of likely N-dealkylation sites (N-methyl/N-ethyl adjacent to an activating group) is 2. The quantitative estimate of drug-likeness (QED) is 0.148. The number of carbonyl (C=O) groups is 1. The maximum atomic E-state index is 10.3. The van der Waals surface area contributed by atoms with E-state index in [1.54, 1.807) is 90.9 Å². The number of aromatic nitrogens is 4. The molecular formula is C34H32N10O3. The molecule has 0 saturated carbocycles. The molecule has 13 nitrogen and oxygen atoms in total. The Balaban J connectivity index is 0.000000270. The minimum atomic E-state index is 0.0266. The zero-order valence-corrected chi connectivity index (χ0v) is 25.9. The lowest BCUT2D eigenvalue weighted by Gasteiger charge is -2.14. The van der Waals surface area contributed by atoms with Gasteiger partial charge in [0.15, 0.2) is 6.29 Å². The van der Waals surface area contributed by atoms with Crippen LogP contribution in [0.15, 0.2) is 73.3 Å². The van der Waals surface area contributed by atoms with Crippen molar-refractivity contribution in [2.24, 2.45) is 0 Å². The molecule has 0 saturated heterocycles. The number of anilines is 2. The lowest BCUT2D eigenvalue weighted by molar-refractivity contribution is 0.112. The van der Waals surface area contributed by atoms with Gasteiger partial charge in [0.1, 0.15) is 0 Å². The molecule has 0 bridgehead atoms. The summed E-state index contributed by atoms with van der Waals surface area (Å²) in [7, 11) is 3.56. The standard InChI is InChI=1S/C17H15N5O.C9H6N2.C8H11N3O2/c1-22(6-7-23)17-20-11-14(12-21-17)8-16(10-19)15-4-2-13(9-18)3-5-15;1-11-7-9-4-2-8(6-10)3-5-9;1-11(2-3-12)8-9-4-7(6-13)5-10-8/h2-5,8,11-12,23H,6-7H2,1H3;2-5H,7H2;4-6,12H,2-3H2,1H3/b16-8+;;. The van der Waals surface area contributed by atoms with E-state index in [1.807, 2.05) is 12.1 Å². The minimum absolute atomic E-state index is 0.0266. The highest BCUT2D eigenvalue weighted by atomic mass is 16.3. The summed E-state index contributed by atoms with van der Waals surface area (Å²) < 4.78 is 0. The number of aliphatic hydroxyl groups excluding tert-OH is 2. The Morgan fingerprint density at radius 2 is 1.23 bits per heavy atom. The molecule has 2 aromatic carbocycles. The Morgan fingerprint density at radius 1 is 0.787 bits per heavy atom. The van der Waals surface area contributed by atoms with Crippen LogP contribution in [0.25, 0.3) is 16.5 Å². The van der Waals surface area contributed by atoms with Crippen molar-refractivity contribution in [1.82, 2.24) is 19.9 Å². The number of nitriles is 3. The Labute approximate surface area is 273 Å². The molecule has 0 aliphatic carbocycles. The number of aliphatic hydroxyl groups is 2. The van der Waals surface area contributed by atoms with Crippen molar-refractivity contribution in [1.29, 1.82) is 15.8 Å². The van der Waals surface area contributed by atoms with Crippen LogP contribution in [0.1, 0.15) is 38.2 Å². The third-order valence-corrected chi connectivity index (χ3v) is 6.11. The fourth-order valence-electron chi connectivity index (χ4n) is 3.54. The van der Waals surface area contributed by atoms with E-state index in [2.05, 4.69) is 30.9 Å². The highest BCUT2D eigenvalue weighted by molar-refractivity contribution is 5.89. The second kappa shape index (κ2) is 20.4. The van der Waals surface area contributed by atoms with Gasteiger partial charge in [-0.2, -0.15) is 15.8 Å². The number of benzene rings is 2. The monoisotopic (exact) mass is 628 g/mol. The summed E-state index contributed by atoms with van der Waals surface area (Å²) >= 11 is 0. The topological polar surface area (TPSA) is 191 Å². The Bertz CT molecular complexity index is 1750. The van der Waals surface area contributed by atoms with Gasteiger partial charge in [-0.05, 0) is 35.9 Å². The molecule has 2 N–H and O–H groups in total. The van der Waals surface area contributed by atoms with E-state index in [4.69, 9.17) is 27.3 Å². The van der Waals surface area contributed by atoms with Gasteiger partial charge in [0, 0.05) is 63.1 Å². The van der Waals surface area contributed by atoms with Gasteiger partial charge in [0.2, 0.25) is 18.4 Å². The summed E-state index contributed by atoms with van der Waals surface area (Å²) in [5, 5.41) is 44.1. The van der Waals surface area contributed by atoms with Crippen LogP contribution < -0.4 is 9.80 Å². The first-order valence-electron chi connectivity index (χ1n) is 14.0. The highest BCUT2D eigenvalue weighted by Gasteiger charge is 2.05. The first-order valence-corrected chi connectivity index (χ1v) is 14.0. The van der Waals surface area contributed by atoms with Crippen molar-refractivity contribution in [3.63, 3.8) is 0 Å². The van der Waals surface area contributed by atoms with Crippen LogP contribution >= 0.6 is 0 Å². The molecule has 0 fully saturated rings. The zero-order chi connectivity index (χ0) is 34.4. The maximum absolute atomic E-state index is 10.3. The number of hydrogen-bond acceptors (Lipinski definition) is 12. The van der Waals surface area contributed by atoms with Gasteiger partial charge in [-0.3, -0.25) is 4.79 Å². The summed E-state index contributed by atoms with van der Waals surface area (Å²) in [5.41, 5.74) is 4.49. The van der Waals surface area contributed by atoms with Crippen molar-refractivity contribution in [2.45, 2.75) is 6.54 Å². The summed E-state index contributed by atoms with van der Waals surface area (Å²) in [4.78, 5) is 33.3. The predicted octanol–water partition coefficient (Wildman–Crippen LogP) is 3.54. The van der Waals surface area contributed by atoms with Gasteiger partial charge < -0.3 is 24.9 Å². The summed E-state index contributed by atoms with van der Waals surface area (Å²) in [6.07, 6.45) is 8.52. The van der Waals surface area contributed by atoms with Crippen molar-refractivity contribution in [3.05, 3.63) is 118 Å². The fourth-order valence-corrected chi connectivity index (χ4v) is 3.54. The van der Waals surface area contributed by atoms with Crippen molar-refractivity contribution >= 4 is 29.8 Å². The normalized spacial score (nSPS) is 9.83. The largest absolute Gasteiger partial charge is 0.395 e. The fraction of sp³-hybridized carbons (Fsp3) is 0.206. The van der Waals surface area contributed by atoms with E-state index in [1.165, 1.54) is 12.4 Å². The van der Waals surface area contributed by atoms with Crippen LogP contribution in [-0.4, -0.2) is 76.8 Å².